The Morgan fingerprint density at radius 3 is 2.17 bits per heavy atom. The molecule has 1 aromatic rings. The van der Waals surface area contributed by atoms with Gasteiger partial charge in [-0.2, -0.15) is 26.3 Å². The van der Waals surface area contributed by atoms with E-state index < -0.39 is 42.8 Å². The Bertz CT molecular complexity index is 560. The van der Waals surface area contributed by atoms with Gasteiger partial charge in [-0.05, 0) is 18.2 Å². The van der Waals surface area contributed by atoms with Crippen LogP contribution in [0.4, 0.5) is 26.3 Å². The number of nitrogens with one attached hydrogen (secondary N) is 1. The van der Waals surface area contributed by atoms with Crippen LogP contribution in [0.1, 0.15) is 10.4 Å². The van der Waals surface area contributed by atoms with Crippen LogP contribution in [-0.4, -0.2) is 44.6 Å². The standard InChI is InChI=1S/C13H14F6N2O3/c14-12(15,16)6-23-8-1-2-10(24-7-13(17,18)19)9(5-8)11(22)21-4-3-20/h1-2,5H,3-4,6-7,20H2,(H,21,22). The van der Waals surface area contributed by atoms with Gasteiger partial charge in [-0.3, -0.25) is 4.79 Å². The van der Waals surface area contributed by atoms with Crippen molar-refractivity contribution < 1.29 is 40.6 Å². The van der Waals surface area contributed by atoms with E-state index in [0.29, 0.717) is 0 Å². The summed E-state index contributed by atoms with van der Waals surface area (Å²) in [7, 11) is 0. The number of rotatable bonds is 7. The van der Waals surface area contributed by atoms with Gasteiger partial charge in [-0.1, -0.05) is 0 Å². The van der Waals surface area contributed by atoms with E-state index in [-0.39, 0.29) is 18.8 Å². The minimum atomic E-state index is -4.64. The first kappa shape index (κ1) is 19.9. The molecule has 0 fully saturated rings. The van der Waals surface area contributed by atoms with E-state index in [1.807, 2.05) is 0 Å². The fourth-order valence-corrected chi connectivity index (χ4v) is 1.51. The molecule has 11 heteroatoms. The first-order valence-electron chi connectivity index (χ1n) is 6.53. The van der Waals surface area contributed by atoms with Crippen LogP contribution in [0.5, 0.6) is 11.5 Å². The van der Waals surface area contributed by atoms with Crippen molar-refractivity contribution in [3.05, 3.63) is 23.8 Å². The first-order valence-corrected chi connectivity index (χ1v) is 6.53. The van der Waals surface area contributed by atoms with E-state index in [1.54, 1.807) is 0 Å². The third-order valence-electron chi connectivity index (χ3n) is 2.42. The maximum absolute atomic E-state index is 12.2. The summed E-state index contributed by atoms with van der Waals surface area (Å²) in [4.78, 5) is 11.9. The maximum atomic E-state index is 12.2. The van der Waals surface area contributed by atoms with E-state index in [2.05, 4.69) is 14.8 Å². The van der Waals surface area contributed by atoms with Crippen molar-refractivity contribution in [3.8, 4) is 11.5 Å². The van der Waals surface area contributed by atoms with Crippen molar-refractivity contribution in [1.29, 1.82) is 0 Å². The molecule has 0 heterocycles. The fourth-order valence-electron chi connectivity index (χ4n) is 1.51. The monoisotopic (exact) mass is 360 g/mol. The van der Waals surface area contributed by atoms with Gasteiger partial charge in [0.1, 0.15) is 11.5 Å². The lowest BCUT2D eigenvalue weighted by molar-refractivity contribution is -0.154. The average molecular weight is 360 g/mol. The Balaban J connectivity index is 2.98. The number of carbonyl (C=O) groups is 1. The van der Waals surface area contributed by atoms with Crippen LogP contribution in [0.3, 0.4) is 0 Å². The third-order valence-corrected chi connectivity index (χ3v) is 2.42. The number of hydrogen-bond donors (Lipinski definition) is 2. The third kappa shape index (κ3) is 7.40. The quantitative estimate of drug-likeness (QED) is 0.732. The SMILES string of the molecule is NCCNC(=O)c1cc(OCC(F)(F)F)ccc1OCC(F)(F)F. The van der Waals surface area contributed by atoms with Gasteiger partial charge in [0.25, 0.3) is 5.91 Å². The van der Waals surface area contributed by atoms with E-state index >= 15 is 0 Å². The molecule has 24 heavy (non-hydrogen) atoms. The second kappa shape index (κ2) is 8.08. The molecule has 136 valence electrons. The van der Waals surface area contributed by atoms with Gasteiger partial charge >= 0.3 is 12.4 Å². The highest BCUT2D eigenvalue weighted by Gasteiger charge is 2.30. The number of benzene rings is 1. The number of halogens is 6. The molecule has 0 aliphatic rings. The predicted octanol–water partition coefficient (Wildman–Crippen LogP) is 2.26. The Morgan fingerprint density at radius 2 is 1.62 bits per heavy atom. The molecular formula is C13H14F6N2O3. The van der Waals surface area contributed by atoms with Gasteiger partial charge < -0.3 is 20.5 Å². The molecular weight excluding hydrogens is 346 g/mol. The topological polar surface area (TPSA) is 73.6 Å². The minimum absolute atomic E-state index is 0.0190. The van der Waals surface area contributed by atoms with Crippen LogP contribution in [0, 0.1) is 0 Å². The molecule has 5 nitrogen and oxygen atoms in total. The summed E-state index contributed by atoms with van der Waals surface area (Å²) in [5.41, 5.74) is 4.79. The molecule has 0 saturated heterocycles. The molecule has 1 aromatic carbocycles. The summed E-state index contributed by atoms with van der Waals surface area (Å²) in [5.74, 6) is -1.64. The highest BCUT2D eigenvalue weighted by molar-refractivity contribution is 5.97. The Hall–Kier alpha value is -2.17. The lowest BCUT2D eigenvalue weighted by atomic mass is 10.1. The number of ether oxygens (including phenoxy) is 2. The summed E-state index contributed by atoms with van der Waals surface area (Å²) >= 11 is 0. The average Bonchev–Trinajstić information content (AvgIpc) is 2.47. The summed E-state index contributed by atoms with van der Waals surface area (Å²) in [5, 5.41) is 2.28. The molecule has 0 aliphatic heterocycles. The van der Waals surface area contributed by atoms with Gasteiger partial charge in [-0.25, -0.2) is 0 Å². The highest BCUT2D eigenvalue weighted by Crippen LogP contribution is 2.27. The van der Waals surface area contributed by atoms with E-state index in [9.17, 15) is 31.1 Å². The van der Waals surface area contributed by atoms with E-state index in [0.717, 1.165) is 18.2 Å². The largest absolute Gasteiger partial charge is 0.484 e. The fraction of sp³-hybridized carbons (Fsp3) is 0.462. The molecule has 0 aliphatic carbocycles. The van der Waals surface area contributed by atoms with Crippen molar-refractivity contribution in [1.82, 2.24) is 5.32 Å². The molecule has 0 bridgehead atoms. The van der Waals surface area contributed by atoms with Gasteiger partial charge in [0.15, 0.2) is 13.2 Å². The van der Waals surface area contributed by atoms with Crippen molar-refractivity contribution in [2.45, 2.75) is 12.4 Å². The van der Waals surface area contributed by atoms with Crippen molar-refractivity contribution in [3.63, 3.8) is 0 Å². The lowest BCUT2D eigenvalue weighted by Crippen LogP contribution is -2.30. The molecule has 0 aromatic heterocycles. The Labute approximate surface area is 132 Å². The van der Waals surface area contributed by atoms with Crippen molar-refractivity contribution >= 4 is 5.91 Å². The second-order valence-electron chi connectivity index (χ2n) is 4.51. The van der Waals surface area contributed by atoms with Crippen LogP contribution in [0.15, 0.2) is 18.2 Å². The molecule has 1 amide bonds. The summed E-state index contributed by atoms with van der Waals surface area (Å²) in [6, 6.07) is 2.76. The Morgan fingerprint density at radius 1 is 1.04 bits per heavy atom. The number of alkyl halides is 6. The molecule has 3 N–H and O–H groups in total. The van der Waals surface area contributed by atoms with E-state index in [4.69, 9.17) is 5.73 Å². The van der Waals surface area contributed by atoms with Crippen LogP contribution in [0.2, 0.25) is 0 Å². The van der Waals surface area contributed by atoms with Crippen LogP contribution < -0.4 is 20.5 Å². The van der Waals surface area contributed by atoms with Crippen LogP contribution in [-0.2, 0) is 0 Å². The zero-order chi connectivity index (χ0) is 18.4. The highest BCUT2D eigenvalue weighted by atomic mass is 19.4. The maximum Gasteiger partial charge on any atom is 0.422 e. The number of amides is 1. The molecule has 0 atom stereocenters. The molecule has 0 radical (unpaired) electrons. The van der Waals surface area contributed by atoms with Gasteiger partial charge in [0, 0.05) is 13.1 Å². The van der Waals surface area contributed by atoms with Crippen LogP contribution in [0.25, 0.3) is 0 Å². The molecule has 0 spiro atoms. The number of carbonyl (C=O) groups excluding carboxylic acids is 1. The second-order valence-corrected chi connectivity index (χ2v) is 4.51. The van der Waals surface area contributed by atoms with Crippen LogP contribution >= 0.6 is 0 Å². The lowest BCUT2D eigenvalue weighted by Gasteiger charge is -2.15. The molecule has 0 saturated carbocycles. The smallest absolute Gasteiger partial charge is 0.422 e. The summed E-state index contributed by atoms with van der Waals surface area (Å²) in [6.45, 7) is -3.19. The summed E-state index contributed by atoms with van der Waals surface area (Å²) in [6.07, 6.45) is -9.25. The first-order chi connectivity index (χ1) is 11.0. The van der Waals surface area contributed by atoms with Gasteiger partial charge in [0.2, 0.25) is 0 Å². The predicted molar refractivity (Wildman–Crippen MR) is 70.9 cm³/mol. The van der Waals surface area contributed by atoms with E-state index in [1.165, 1.54) is 0 Å². The number of hydrogen-bond acceptors (Lipinski definition) is 4. The minimum Gasteiger partial charge on any atom is -0.484 e. The van der Waals surface area contributed by atoms with Crippen molar-refractivity contribution in [2.24, 2.45) is 5.73 Å². The molecule has 1 rings (SSSR count). The zero-order valence-corrected chi connectivity index (χ0v) is 12.1. The van der Waals surface area contributed by atoms with Crippen molar-refractivity contribution in [2.75, 3.05) is 26.3 Å². The normalized spacial score (nSPS) is 12.0. The molecule has 0 unspecified atom stereocenters. The zero-order valence-electron chi connectivity index (χ0n) is 12.1. The summed E-state index contributed by atoms with van der Waals surface area (Å²) < 4.78 is 82.0. The number of nitrogens with two attached hydrogens (primary N) is 1. The van der Waals surface area contributed by atoms with Gasteiger partial charge in [-0.15, -0.1) is 0 Å². The Kier molecular flexibility index (Phi) is 6.70. The van der Waals surface area contributed by atoms with Gasteiger partial charge in [0.05, 0.1) is 5.56 Å².